The van der Waals surface area contributed by atoms with E-state index >= 15 is 0 Å². The lowest BCUT2D eigenvalue weighted by molar-refractivity contribution is -0.147. The third kappa shape index (κ3) is 4.72. The highest BCUT2D eigenvalue weighted by Crippen LogP contribution is 2.28. The van der Waals surface area contributed by atoms with Crippen LogP contribution in [0, 0.1) is 5.92 Å². The summed E-state index contributed by atoms with van der Waals surface area (Å²) < 4.78 is 32.6. The van der Waals surface area contributed by atoms with E-state index in [-0.39, 0.29) is 47.0 Å². The second kappa shape index (κ2) is 9.40. The maximum absolute atomic E-state index is 13.0. The normalized spacial score (nSPS) is 23.8. The van der Waals surface area contributed by atoms with Gasteiger partial charge in [0.15, 0.2) is 0 Å². The predicted octanol–water partition coefficient (Wildman–Crippen LogP) is 0.985. The van der Waals surface area contributed by atoms with Crippen LogP contribution in [-0.2, 0) is 24.3 Å². The largest absolute Gasteiger partial charge is 0.368 e. The van der Waals surface area contributed by atoms with Gasteiger partial charge in [0.05, 0.1) is 0 Å². The van der Waals surface area contributed by atoms with Crippen molar-refractivity contribution in [1.29, 1.82) is 0 Å². The fourth-order valence-corrected chi connectivity index (χ4v) is 6.33. The standard InChI is InChI=1S/C20H27ClN4O5S/c21-18-17(4-1-7-22-18)31(28,29)25-8-5-15(6-9-25)19(26)23-10-12-24(13-11-23)20(27)16-3-2-14-30-16/h1,4,7,15-16H,2-3,5-6,8-14H2. The smallest absolute Gasteiger partial charge is 0.251 e. The molecule has 1 unspecified atom stereocenters. The van der Waals surface area contributed by atoms with E-state index in [1.54, 1.807) is 9.80 Å². The Morgan fingerprint density at radius 2 is 1.65 bits per heavy atom. The summed E-state index contributed by atoms with van der Waals surface area (Å²) in [5.74, 6) is -0.144. The number of piperazine rings is 1. The first-order chi connectivity index (χ1) is 14.9. The number of pyridine rings is 1. The van der Waals surface area contributed by atoms with E-state index < -0.39 is 10.0 Å². The molecule has 31 heavy (non-hydrogen) atoms. The molecule has 3 fully saturated rings. The minimum atomic E-state index is -3.73. The molecule has 0 aliphatic carbocycles. The van der Waals surface area contributed by atoms with Gasteiger partial charge in [-0.2, -0.15) is 4.31 Å². The van der Waals surface area contributed by atoms with Crippen LogP contribution in [0.2, 0.25) is 5.15 Å². The van der Waals surface area contributed by atoms with E-state index in [2.05, 4.69) is 4.98 Å². The van der Waals surface area contributed by atoms with Crippen molar-refractivity contribution in [3.8, 4) is 0 Å². The molecule has 3 aliphatic heterocycles. The average Bonchev–Trinajstić information content (AvgIpc) is 3.33. The zero-order valence-electron chi connectivity index (χ0n) is 17.3. The van der Waals surface area contributed by atoms with Crippen LogP contribution in [0.15, 0.2) is 23.2 Å². The lowest BCUT2D eigenvalue weighted by Crippen LogP contribution is -2.54. The summed E-state index contributed by atoms with van der Waals surface area (Å²) in [6, 6.07) is 2.98. The van der Waals surface area contributed by atoms with Crippen molar-refractivity contribution in [1.82, 2.24) is 19.1 Å². The number of amides is 2. The van der Waals surface area contributed by atoms with E-state index in [0.717, 1.165) is 12.8 Å². The number of halogens is 1. The van der Waals surface area contributed by atoms with Crippen LogP contribution in [-0.4, -0.2) is 91.3 Å². The SMILES string of the molecule is O=C(C1CCN(S(=O)(=O)c2cccnc2Cl)CC1)N1CCN(C(=O)C2CCCO2)CC1. The molecule has 4 rings (SSSR count). The summed E-state index contributed by atoms with van der Waals surface area (Å²) in [4.78, 5) is 32.9. The quantitative estimate of drug-likeness (QED) is 0.608. The van der Waals surface area contributed by atoms with Crippen molar-refractivity contribution in [3.05, 3.63) is 23.5 Å². The first kappa shape index (κ1) is 22.4. The first-order valence-electron chi connectivity index (χ1n) is 10.7. The molecule has 0 aromatic carbocycles. The van der Waals surface area contributed by atoms with Crippen LogP contribution in [0.25, 0.3) is 0 Å². The Bertz CT molecular complexity index is 921. The third-order valence-electron chi connectivity index (χ3n) is 6.25. The maximum atomic E-state index is 13.0. The highest BCUT2D eigenvalue weighted by Gasteiger charge is 2.36. The molecule has 1 aromatic rings. The van der Waals surface area contributed by atoms with Crippen LogP contribution >= 0.6 is 11.6 Å². The van der Waals surface area contributed by atoms with E-state index in [1.807, 2.05) is 0 Å². The summed E-state index contributed by atoms with van der Waals surface area (Å²) >= 11 is 5.97. The monoisotopic (exact) mass is 470 g/mol. The number of nitrogens with zero attached hydrogens (tertiary/aromatic N) is 4. The number of hydrogen-bond donors (Lipinski definition) is 0. The van der Waals surface area contributed by atoms with Crippen LogP contribution in [0.3, 0.4) is 0 Å². The van der Waals surface area contributed by atoms with Gasteiger partial charge in [-0.1, -0.05) is 11.6 Å². The average molecular weight is 471 g/mol. The fourth-order valence-electron chi connectivity index (χ4n) is 4.43. The van der Waals surface area contributed by atoms with Gasteiger partial charge in [0.25, 0.3) is 5.91 Å². The molecule has 170 valence electrons. The minimum Gasteiger partial charge on any atom is -0.368 e. The van der Waals surface area contributed by atoms with Gasteiger partial charge < -0.3 is 14.5 Å². The Morgan fingerprint density at radius 1 is 1.00 bits per heavy atom. The molecular weight excluding hydrogens is 444 g/mol. The van der Waals surface area contributed by atoms with Crippen LogP contribution in [0.5, 0.6) is 0 Å². The van der Waals surface area contributed by atoms with Gasteiger partial charge >= 0.3 is 0 Å². The summed E-state index contributed by atoms with van der Waals surface area (Å²) in [6.07, 6.45) is 3.72. The molecule has 9 nitrogen and oxygen atoms in total. The summed E-state index contributed by atoms with van der Waals surface area (Å²) in [7, 11) is -3.73. The number of sulfonamides is 1. The van der Waals surface area contributed by atoms with Crippen LogP contribution in [0.4, 0.5) is 0 Å². The van der Waals surface area contributed by atoms with Crippen LogP contribution < -0.4 is 0 Å². The number of carbonyl (C=O) groups excluding carboxylic acids is 2. The van der Waals surface area contributed by atoms with Crippen LogP contribution in [0.1, 0.15) is 25.7 Å². The molecule has 3 saturated heterocycles. The Balaban J connectivity index is 1.29. The Hall–Kier alpha value is -1.75. The number of rotatable bonds is 4. The molecule has 0 bridgehead atoms. The van der Waals surface area contributed by atoms with Gasteiger partial charge in [0.2, 0.25) is 15.9 Å². The highest BCUT2D eigenvalue weighted by atomic mass is 35.5. The Kier molecular flexibility index (Phi) is 6.80. The van der Waals surface area contributed by atoms with Gasteiger partial charge in [-0.25, -0.2) is 13.4 Å². The molecule has 2 amide bonds. The van der Waals surface area contributed by atoms with E-state index in [4.69, 9.17) is 16.3 Å². The lowest BCUT2D eigenvalue weighted by atomic mass is 9.96. The van der Waals surface area contributed by atoms with Gasteiger partial charge in [-0.05, 0) is 37.8 Å². The number of aromatic nitrogens is 1. The molecule has 0 radical (unpaired) electrons. The Morgan fingerprint density at radius 3 is 2.23 bits per heavy atom. The van der Waals surface area contributed by atoms with Gasteiger partial charge in [0.1, 0.15) is 16.2 Å². The van der Waals surface area contributed by atoms with E-state index in [0.29, 0.717) is 45.6 Å². The fraction of sp³-hybridized carbons (Fsp3) is 0.650. The summed E-state index contributed by atoms with van der Waals surface area (Å²) in [6.45, 7) is 3.19. The summed E-state index contributed by atoms with van der Waals surface area (Å²) in [5, 5.41) is -0.0453. The Labute approximate surface area is 187 Å². The maximum Gasteiger partial charge on any atom is 0.251 e. The van der Waals surface area contributed by atoms with Crippen molar-refractivity contribution < 1.29 is 22.7 Å². The molecule has 1 aromatic heterocycles. The minimum absolute atomic E-state index is 0.00604. The van der Waals surface area contributed by atoms with Crippen molar-refractivity contribution >= 4 is 33.4 Å². The van der Waals surface area contributed by atoms with Crippen molar-refractivity contribution in [2.75, 3.05) is 45.9 Å². The van der Waals surface area contributed by atoms with E-state index in [9.17, 15) is 18.0 Å². The molecule has 11 heteroatoms. The molecule has 1 atom stereocenters. The van der Waals surface area contributed by atoms with Crippen molar-refractivity contribution in [2.24, 2.45) is 5.92 Å². The van der Waals surface area contributed by atoms with Gasteiger partial charge in [-0.3, -0.25) is 9.59 Å². The van der Waals surface area contributed by atoms with E-state index in [1.165, 1.54) is 22.6 Å². The van der Waals surface area contributed by atoms with Crippen molar-refractivity contribution in [3.63, 3.8) is 0 Å². The first-order valence-corrected chi connectivity index (χ1v) is 12.5. The lowest BCUT2D eigenvalue weighted by Gasteiger charge is -2.38. The number of piperidine rings is 1. The number of carbonyl (C=O) groups is 2. The van der Waals surface area contributed by atoms with Gasteiger partial charge in [0, 0.05) is 58.0 Å². The molecular formula is C20H27ClN4O5S. The molecule has 3 aliphatic rings. The zero-order valence-corrected chi connectivity index (χ0v) is 18.9. The number of hydrogen-bond acceptors (Lipinski definition) is 6. The second-order valence-corrected chi connectivity index (χ2v) is 10.4. The predicted molar refractivity (Wildman–Crippen MR) is 113 cm³/mol. The number of ether oxygens (including phenoxy) is 1. The third-order valence-corrected chi connectivity index (χ3v) is 8.60. The summed E-state index contributed by atoms with van der Waals surface area (Å²) in [5.41, 5.74) is 0. The topological polar surface area (TPSA) is 100 Å². The second-order valence-electron chi connectivity index (χ2n) is 8.12. The molecule has 0 spiro atoms. The van der Waals surface area contributed by atoms with Gasteiger partial charge in [-0.15, -0.1) is 0 Å². The zero-order chi connectivity index (χ0) is 22.0. The molecule has 0 saturated carbocycles. The molecule has 4 heterocycles. The highest BCUT2D eigenvalue weighted by molar-refractivity contribution is 7.89. The van der Waals surface area contributed by atoms with Crippen molar-refractivity contribution in [2.45, 2.75) is 36.7 Å². The molecule has 0 N–H and O–H groups in total.